The number of nitrogens with two attached hydrogens (primary N) is 1. The largest absolute Gasteiger partial charge is 0.481 e. The molecule has 1 aliphatic rings. The molecule has 1 aromatic rings. The molecule has 1 aliphatic heterocycles. The maximum absolute atomic E-state index is 12.0. The van der Waals surface area contributed by atoms with Gasteiger partial charge in [-0.1, -0.05) is 6.92 Å². The van der Waals surface area contributed by atoms with Gasteiger partial charge in [0.25, 0.3) is 5.56 Å². The summed E-state index contributed by atoms with van der Waals surface area (Å²) in [6, 6.07) is 0. The van der Waals surface area contributed by atoms with Gasteiger partial charge in [-0.25, -0.2) is 4.98 Å². The molecule has 0 saturated carbocycles. The van der Waals surface area contributed by atoms with Crippen LogP contribution < -0.4 is 11.3 Å². The van der Waals surface area contributed by atoms with Crippen LogP contribution in [0.2, 0.25) is 0 Å². The van der Waals surface area contributed by atoms with Gasteiger partial charge in [0.15, 0.2) is 0 Å². The number of anilines is 1. The van der Waals surface area contributed by atoms with Crippen molar-refractivity contribution in [3.05, 3.63) is 21.7 Å². The number of nitrogen functional groups attached to an aromatic ring is 1. The minimum atomic E-state index is -1.09. The van der Waals surface area contributed by atoms with Gasteiger partial charge in [0, 0.05) is 16.8 Å². The summed E-state index contributed by atoms with van der Waals surface area (Å²) in [7, 11) is 0. The van der Waals surface area contributed by atoms with Crippen molar-refractivity contribution >= 4 is 35.3 Å². The van der Waals surface area contributed by atoms with Gasteiger partial charge >= 0.3 is 5.97 Å². The van der Waals surface area contributed by atoms with Crippen LogP contribution in [0.15, 0.2) is 4.79 Å². The van der Waals surface area contributed by atoms with Crippen molar-refractivity contribution in [3.8, 4) is 0 Å². The van der Waals surface area contributed by atoms with Crippen molar-refractivity contribution in [3.63, 3.8) is 0 Å². The van der Waals surface area contributed by atoms with E-state index in [4.69, 9.17) is 10.8 Å². The van der Waals surface area contributed by atoms with Crippen molar-refractivity contribution < 1.29 is 9.90 Å². The van der Waals surface area contributed by atoms with Gasteiger partial charge in [-0.3, -0.25) is 9.59 Å². The minimum Gasteiger partial charge on any atom is -0.481 e. The smallest absolute Gasteiger partial charge is 0.308 e. The van der Waals surface area contributed by atoms with Gasteiger partial charge in [-0.2, -0.15) is 11.8 Å². The van der Waals surface area contributed by atoms with Crippen molar-refractivity contribution in [1.82, 2.24) is 9.97 Å². The highest BCUT2D eigenvalue weighted by Crippen LogP contribution is 2.42. The molecule has 2 unspecified atom stereocenters. The summed E-state index contributed by atoms with van der Waals surface area (Å²) >= 11 is 3.64. The van der Waals surface area contributed by atoms with Crippen LogP contribution >= 0.6 is 23.5 Å². The molecule has 0 bridgehead atoms. The number of carbonyl (C=O) groups is 1. The molecule has 0 aliphatic carbocycles. The normalized spacial score (nSPS) is 22.6. The van der Waals surface area contributed by atoms with Crippen molar-refractivity contribution in [2.24, 2.45) is 0 Å². The quantitative estimate of drug-likeness (QED) is 0.767. The molecule has 1 saturated heterocycles. The summed E-state index contributed by atoms with van der Waals surface area (Å²) in [6.45, 7) is 2.11. The summed E-state index contributed by atoms with van der Waals surface area (Å²) in [5.74, 6) is 1.59. The van der Waals surface area contributed by atoms with E-state index in [1.54, 1.807) is 11.8 Å². The first-order valence-corrected chi connectivity index (χ1v) is 8.46. The van der Waals surface area contributed by atoms with Crippen LogP contribution in [0.25, 0.3) is 0 Å². The topological polar surface area (TPSA) is 109 Å². The zero-order valence-corrected chi connectivity index (χ0v) is 12.7. The van der Waals surface area contributed by atoms with E-state index in [-0.39, 0.29) is 16.6 Å². The fraction of sp³-hybridized carbons (Fsp3) is 0.583. The SMILES string of the molecule is CCC1SCCSC1c1nc(N)c(CC(=O)O)c(=O)[nH]1. The Balaban J connectivity index is 2.34. The lowest BCUT2D eigenvalue weighted by molar-refractivity contribution is -0.136. The Bertz CT molecular complexity index is 561. The molecule has 0 amide bonds. The lowest BCUT2D eigenvalue weighted by Gasteiger charge is -2.29. The summed E-state index contributed by atoms with van der Waals surface area (Å²) in [6.07, 6.45) is 0.584. The predicted molar refractivity (Wildman–Crippen MR) is 82.3 cm³/mol. The average Bonchev–Trinajstić information content (AvgIpc) is 2.42. The molecule has 0 radical (unpaired) electrons. The molecule has 6 nitrogen and oxygen atoms in total. The number of nitrogens with zero attached hydrogens (tertiary/aromatic N) is 1. The highest BCUT2D eigenvalue weighted by atomic mass is 32.2. The molecule has 1 fully saturated rings. The molecular formula is C12H17N3O3S2. The van der Waals surface area contributed by atoms with E-state index in [9.17, 15) is 9.59 Å². The molecular weight excluding hydrogens is 298 g/mol. The number of carboxylic acids is 1. The maximum Gasteiger partial charge on any atom is 0.308 e. The number of thioether (sulfide) groups is 2. The average molecular weight is 315 g/mol. The van der Waals surface area contributed by atoms with Crippen molar-refractivity contribution in [2.75, 3.05) is 17.2 Å². The van der Waals surface area contributed by atoms with Gasteiger partial charge in [-0.15, -0.1) is 11.8 Å². The molecule has 20 heavy (non-hydrogen) atoms. The Morgan fingerprint density at radius 2 is 2.20 bits per heavy atom. The third-order valence-corrected chi connectivity index (χ3v) is 6.37. The first-order chi connectivity index (χ1) is 9.52. The second-order valence-corrected chi connectivity index (χ2v) is 7.09. The first kappa shape index (κ1) is 15.2. The lowest BCUT2D eigenvalue weighted by atomic mass is 10.2. The Morgan fingerprint density at radius 3 is 2.80 bits per heavy atom. The molecule has 0 spiro atoms. The number of H-pyrrole nitrogens is 1. The number of hydrogen-bond donors (Lipinski definition) is 3. The van der Waals surface area contributed by atoms with E-state index in [0.717, 1.165) is 17.9 Å². The molecule has 2 rings (SSSR count). The second kappa shape index (κ2) is 6.53. The number of carboxylic acid groups (broad SMARTS) is 1. The van der Waals surface area contributed by atoms with E-state index in [1.165, 1.54) is 0 Å². The molecule has 2 heterocycles. The number of nitrogens with one attached hydrogen (secondary N) is 1. The maximum atomic E-state index is 12.0. The van der Waals surface area contributed by atoms with Gasteiger partial charge in [-0.05, 0) is 6.42 Å². The zero-order valence-electron chi connectivity index (χ0n) is 11.1. The second-order valence-electron chi connectivity index (χ2n) is 4.49. The van der Waals surface area contributed by atoms with Crippen LogP contribution in [-0.2, 0) is 11.2 Å². The Kier molecular flexibility index (Phi) is 4.98. The number of aromatic amines is 1. The monoisotopic (exact) mass is 315 g/mol. The van der Waals surface area contributed by atoms with E-state index < -0.39 is 17.9 Å². The van der Waals surface area contributed by atoms with Gasteiger partial charge in [0.1, 0.15) is 11.6 Å². The van der Waals surface area contributed by atoms with Crippen LogP contribution in [0.5, 0.6) is 0 Å². The van der Waals surface area contributed by atoms with Crippen LogP contribution in [0.1, 0.15) is 30.0 Å². The third-order valence-electron chi connectivity index (χ3n) is 3.12. The van der Waals surface area contributed by atoms with Crippen LogP contribution in [-0.4, -0.2) is 37.8 Å². The molecule has 4 N–H and O–H groups in total. The number of aliphatic carboxylic acids is 1. The Hall–Kier alpha value is -1.15. The van der Waals surface area contributed by atoms with Crippen molar-refractivity contribution in [2.45, 2.75) is 30.3 Å². The van der Waals surface area contributed by atoms with Gasteiger partial charge in [0.2, 0.25) is 0 Å². The van der Waals surface area contributed by atoms with E-state index in [1.807, 2.05) is 11.8 Å². The molecule has 2 atom stereocenters. The predicted octanol–water partition coefficient (Wildman–Crippen LogP) is 1.28. The highest BCUT2D eigenvalue weighted by Gasteiger charge is 2.29. The van der Waals surface area contributed by atoms with Crippen molar-refractivity contribution in [1.29, 1.82) is 0 Å². The molecule has 8 heteroatoms. The molecule has 110 valence electrons. The third kappa shape index (κ3) is 3.29. The van der Waals surface area contributed by atoms with E-state index in [2.05, 4.69) is 16.9 Å². The van der Waals surface area contributed by atoms with E-state index >= 15 is 0 Å². The van der Waals surface area contributed by atoms with Gasteiger partial charge in [0.05, 0.1) is 17.2 Å². The van der Waals surface area contributed by atoms with Crippen LogP contribution in [0.4, 0.5) is 5.82 Å². The van der Waals surface area contributed by atoms with E-state index in [0.29, 0.717) is 11.1 Å². The summed E-state index contributed by atoms with van der Waals surface area (Å²) in [5, 5.41) is 9.27. The zero-order chi connectivity index (χ0) is 14.7. The molecule has 1 aromatic heterocycles. The number of rotatable bonds is 4. The summed E-state index contributed by atoms with van der Waals surface area (Å²) < 4.78 is 0. The number of hydrogen-bond acceptors (Lipinski definition) is 6. The van der Waals surface area contributed by atoms with Crippen LogP contribution in [0, 0.1) is 0 Å². The highest BCUT2D eigenvalue weighted by molar-refractivity contribution is 8.06. The summed E-state index contributed by atoms with van der Waals surface area (Å²) in [4.78, 5) is 29.6. The minimum absolute atomic E-state index is 0.0252. The standard InChI is InChI=1S/C12H17N3O3S2/c1-2-7-9(20-4-3-19-7)11-14-10(13)6(5-8(16)17)12(18)15-11/h7,9H,2-5H2,1H3,(H,16,17)(H3,13,14,15,18). The Morgan fingerprint density at radius 1 is 1.50 bits per heavy atom. The Labute approximate surface area is 124 Å². The fourth-order valence-corrected chi connectivity index (χ4v) is 5.16. The lowest BCUT2D eigenvalue weighted by Crippen LogP contribution is -2.27. The van der Waals surface area contributed by atoms with Crippen LogP contribution in [0.3, 0.4) is 0 Å². The number of aromatic nitrogens is 2. The summed E-state index contributed by atoms with van der Waals surface area (Å²) in [5.41, 5.74) is 5.34. The fourth-order valence-electron chi connectivity index (χ4n) is 2.15. The molecule has 0 aromatic carbocycles. The van der Waals surface area contributed by atoms with Gasteiger partial charge < -0.3 is 15.8 Å². The first-order valence-electron chi connectivity index (χ1n) is 6.36.